The largest absolute Gasteiger partial charge is 0.493 e. The molecule has 1 saturated heterocycles. The van der Waals surface area contributed by atoms with Crippen LogP contribution in [0.5, 0.6) is 11.5 Å². The molecule has 1 aliphatic carbocycles. The van der Waals surface area contributed by atoms with Gasteiger partial charge in [-0.2, -0.15) is 0 Å². The zero-order valence-corrected chi connectivity index (χ0v) is 19.2. The van der Waals surface area contributed by atoms with E-state index in [4.69, 9.17) is 14.5 Å². The van der Waals surface area contributed by atoms with Crippen molar-refractivity contribution in [2.24, 2.45) is 0 Å². The molecule has 3 aromatic rings. The standard InChI is InChI=1S/C27H31N3O3/c1-3-7-19-10-13-24(25(16-19)32-2)33-15-6-14-29-23-9-5-4-8-22(23)28-27(29)20-17-26(31)30(18-20)21-11-12-21/h3-5,8-10,13,16,20-21H,1,6-7,11-12,14-15,17-18H2,2H3. The smallest absolute Gasteiger partial charge is 0.223 e. The summed E-state index contributed by atoms with van der Waals surface area (Å²) in [5.41, 5.74) is 3.26. The number of allylic oxidation sites excluding steroid dienone is 1. The summed E-state index contributed by atoms with van der Waals surface area (Å²) >= 11 is 0. The quantitative estimate of drug-likeness (QED) is 0.335. The van der Waals surface area contributed by atoms with E-state index in [-0.39, 0.29) is 11.8 Å². The number of amides is 1. The lowest BCUT2D eigenvalue weighted by Crippen LogP contribution is -2.27. The van der Waals surface area contributed by atoms with Crippen molar-refractivity contribution in [3.63, 3.8) is 0 Å². The highest BCUT2D eigenvalue weighted by Crippen LogP contribution is 2.37. The molecule has 1 unspecified atom stereocenters. The van der Waals surface area contributed by atoms with Crippen LogP contribution in [0.15, 0.2) is 55.1 Å². The molecule has 2 heterocycles. The summed E-state index contributed by atoms with van der Waals surface area (Å²) in [6, 6.07) is 14.7. The first-order valence-corrected chi connectivity index (χ1v) is 11.8. The number of nitrogens with zero attached hydrogens (tertiary/aromatic N) is 3. The van der Waals surface area contributed by atoms with Crippen LogP contribution in [0.2, 0.25) is 0 Å². The summed E-state index contributed by atoms with van der Waals surface area (Å²) in [6.07, 6.45) is 6.36. The van der Waals surface area contributed by atoms with Crippen LogP contribution in [0.25, 0.3) is 11.0 Å². The molecule has 2 fully saturated rings. The molecule has 6 heteroatoms. The number of aryl methyl sites for hydroxylation is 1. The molecule has 2 aliphatic rings. The van der Waals surface area contributed by atoms with Gasteiger partial charge in [0.25, 0.3) is 0 Å². The number of likely N-dealkylation sites (tertiary alicyclic amines) is 1. The molecule has 0 radical (unpaired) electrons. The fourth-order valence-electron chi connectivity index (χ4n) is 4.81. The van der Waals surface area contributed by atoms with Crippen LogP contribution >= 0.6 is 0 Å². The summed E-state index contributed by atoms with van der Waals surface area (Å²) in [4.78, 5) is 19.6. The normalized spacial score (nSPS) is 18.2. The maximum atomic E-state index is 12.6. The number of carbonyl (C=O) groups is 1. The summed E-state index contributed by atoms with van der Waals surface area (Å²) in [6.45, 7) is 5.95. The summed E-state index contributed by atoms with van der Waals surface area (Å²) < 4.78 is 13.9. The van der Waals surface area contributed by atoms with Gasteiger partial charge in [-0.15, -0.1) is 6.58 Å². The molecule has 2 aromatic carbocycles. The third-order valence-corrected chi connectivity index (χ3v) is 6.59. The molecule has 0 spiro atoms. The topological polar surface area (TPSA) is 56.6 Å². The minimum absolute atomic E-state index is 0.156. The van der Waals surface area contributed by atoms with Gasteiger partial charge in [0.15, 0.2) is 11.5 Å². The van der Waals surface area contributed by atoms with Crippen LogP contribution in [-0.2, 0) is 17.8 Å². The highest BCUT2D eigenvalue weighted by molar-refractivity contribution is 5.81. The number of benzene rings is 2. The Morgan fingerprint density at radius 3 is 2.82 bits per heavy atom. The minimum Gasteiger partial charge on any atom is -0.493 e. The molecule has 0 bridgehead atoms. The van der Waals surface area contributed by atoms with Crippen molar-refractivity contribution in [3.8, 4) is 11.5 Å². The van der Waals surface area contributed by atoms with Gasteiger partial charge >= 0.3 is 0 Å². The number of aromatic nitrogens is 2. The lowest BCUT2D eigenvalue weighted by molar-refractivity contribution is -0.128. The average molecular weight is 446 g/mol. The van der Waals surface area contributed by atoms with Gasteiger partial charge in [0, 0.05) is 31.5 Å². The van der Waals surface area contributed by atoms with Crippen molar-refractivity contribution in [3.05, 3.63) is 66.5 Å². The second-order valence-electron chi connectivity index (χ2n) is 8.97. The molecule has 0 N–H and O–H groups in total. The van der Waals surface area contributed by atoms with Crippen LogP contribution in [0.3, 0.4) is 0 Å². The first-order valence-electron chi connectivity index (χ1n) is 11.8. The van der Waals surface area contributed by atoms with E-state index < -0.39 is 0 Å². The fourth-order valence-corrected chi connectivity index (χ4v) is 4.81. The zero-order valence-electron chi connectivity index (χ0n) is 19.2. The number of hydrogen-bond acceptors (Lipinski definition) is 4. The van der Waals surface area contributed by atoms with E-state index in [9.17, 15) is 4.79 Å². The molecule has 1 aromatic heterocycles. The Morgan fingerprint density at radius 1 is 1.18 bits per heavy atom. The predicted octanol–water partition coefficient (Wildman–Crippen LogP) is 4.72. The summed E-state index contributed by atoms with van der Waals surface area (Å²) in [5.74, 6) is 2.95. The van der Waals surface area contributed by atoms with Gasteiger partial charge in [-0.25, -0.2) is 4.98 Å². The Kier molecular flexibility index (Phi) is 6.07. The van der Waals surface area contributed by atoms with Gasteiger partial charge in [0.2, 0.25) is 5.91 Å². The lowest BCUT2D eigenvalue weighted by Gasteiger charge is -2.17. The van der Waals surface area contributed by atoms with Crippen molar-refractivity contribution in [2.75, 3.05) is 20.3 Å². The van der Waals surface area contributed by atoms with E-state index in [1.807, 2.05) is 36.4 Å². The van der Waals surface area contributed by atoms with Gasteiger partial charge in [0.05, 0.1) is 24.8 Å². The predicted molar refractivity (Wildman–Crippen MR) is 129 cm³/mol. The number of hydrogen-bond donors (Lipinski definition) is 0. The van der Waals surface area contributed by atoms with Crippen LogP contribution in [0.4, 0.5) is 0 Å². The van der Waals surface area contributed by atoms with Gasteiger partial charge in [-0.05, 0) is 55.5 Å². The van der Waals surface area contributed by atoms with Crippen LogP contribution in [0, 0.1) is 0 Å². The summed E-state index contributed by atoms with van der Waals surface area (Å²) in [5, 5.41) is 0. The SMILES string of the molecule is C=CCc1ccc(OCCCn2c(C3CC(=O)N(C4CC4)C3)nc3ccccc32)c(OC)c1. The molecule has 6 nitrogen and oxygen atoms in total. The van der Waals surface area contributed by atoms with Crippen molar-refractivity contribution in [1.29, 1.82) is 0 Å². The molecule has 172 valence electrons. The number of carbonyl (C=O) groups excluding carboxylic acids is 1. The highest BCUT2D eigenvalue weighted by atomic mass is 16.5. The van der Waals surface area contributed by atoms with E-state index in [1.54, 1.807) is 7.11 Å². The van der Waals surface area contributed by atoms with Crippen LogP contribution in [0.1, 0.15) is 43.0 Å². The van der Waals surface area contributed by atoms with Gasteiger partial charge in [0.1, 0.15) is 5.82 Å². The minimum atomic E-state index is 0.156. The summed E-state index contributed by atoms with van der Waals surface area (Å²) in [7, 11) is 1.66. The monoisotopic (exact) mass is 445 g/mol. The number of fused-ring (bicyclic) bond motifs is 1. The fraction of sp³-hybridized carbons (Fsp3) is 0.407. The molecular formula is C27H31N3O3. The number of imidazole rings is 1. The number of ether oxygens (including phenoxy) is 2. The number of methoxy groups -OCH3 is 1. The molecule has 33 heavy (non-hydrogen) atoms. The second-order valence-corrected chi connectivity index (χ2v) is 8.97. The van der Waals surface area contributed by atoms with Gasteiger partial charge in [-0.1, -0.05) is 24.3 Å². The average Bonchev–Trinajstić information content (AvgIpc) is 3.50. The number of para-hydroxylation sites is 2. The molecule has 1 atom stereocenters. The molecule has 1 aliphatic heterocycles. The van der Waals surface area contributed by atoms with E-state index in [2.05, 4.69) is 28.2 Å². The Labute approximate surface area is 194 Å². The lowest BCUT2D eigenvalue weighted by atomic mass is 10.1. The maximum Gasteiger partial charge on any atom is 0.223 e. The zero-order chi connectivity index (χ0) is 22.8. The maximum absolute atomic E-state index is 12.6. The molecular weight excluding hydrogens is 414 g/mol. The highest BCUT2D eigenvalue weighted by Gasteiger charge is 2.41. The van der Waals surface area contributed by atoms with Gasteiger partial charge in [-0.3, -0.25) is 4.79 Å². The van der Waals surface area contributed by atoms with Crippen molar-refractivity contribution < 1.29 is 14.3 Å². The van der Waals surface area contributed by atoms with E-state index in [0.717, 1.165) is 72.7 Å². The third kappa shape index (κ3) is 4.47. The second kappa shape index (κ2) is 9.30. The Bertz CT molecular complexity index is 1160. The van der Waals surface area contributed by atoms with Crippen molar-refractivity contribution in [2.45, 2.75) is 50.6 Å². The molecule has 1 amide bonds. The Balaban J connectivity index is 1.29. The Morgan fingerprint density at radius 2 is 2.03 bits per heavy atom. The van der Waals surface area contributed by atoms with Crippen LogP contribution < -0.4 is 9.47 Å². The first-order chi connectivity index (χ1) is 16.2. The van der Waals surface area contributed by atoms with E-state index in [1.165, 1.54) is 0 Å². The molecule has 5 rings (SSSR count). The van der Waals surface area contributed by atoms with Gasteiger partial charge < -0.3 is 18.9 Å². The van der Waals surface area contributed by atoms with Crippen molar-refractivity contribution >= 4 is 16.9 Å². The first kappa shape index (κ1) is 21.6. The van der Waals surface area contributed by atoms with E-state index in [0.29, 0.717) is 19.1 Å². The van der Waals surface area contributed by atoms with Crippen molar-refractivity contribution in [1.82, 2.24) is 14.5 Å². The number of rotatable bonds is 10. The molecule has 1 saturated carbocycles. The van der Waals surface area contributed by atoms with Crippen LogP contribution in [-0.4, -0.2) is 46.7 Å². The third-order valence-electron chi connectivity index (χ3n) is 6.59. The van der Waals surface area contributed by atoms with E-state index >= 15 is 0 Å². The Hall–Kier alpha value is -3.28.